The van der Waals surface area contributed by atoms with Crippen LogP contribution in [0, 0.1) is 0 Å². The molecule has 2 heteroatoms. The lowest BCUT2D eigenvalue weighted by atomic mass is 10.2. The summed E-state index contributed by atoms with van der Waals surface area (Å²) < 4.78 is 5.91. The lowest BCUT2D eigenvalue weighted by molar-refractivity contribution is 0.139. The van der Waals surface area contributed by atoms with Crippen LogP contribution in [-0.2, 0) is 4.74 Å². The Kier molecular flexibility index (Phi) is 6.17. The molecule has 0 unspecified atom stereocenters. The van der Waals surface area contributed by atoms with E-state index in [1.54, 1.807) is 0 Å². The first kappa shape index (κ1) is 16.7. The summed E-state index contributed by atoms with van der Waals surface area (Å²) in [6.45, 7) is 8.21. The van der Waals surface area contributed by atoms with Crippen LogP contribution in [0.2, 0.25) is 5.04 Å². The van der Waals surface area contributed by atoms with Gasteiger partial charge < -0.3 is 4.74 Å². The minimum Gasteiger partial charge on any atom is -0.377 e. The van der Waals surface area contributed by atoms with Crippen molar-refractivity contribution in [2.24, 2.45) is 0 Å². The van der Waals surface area contributed by atoms with Gasteiger partial charge in [0.05, 0.1) is 13.2 Å². The summed E-state index contributed by atoms with van der Waals surface area (Å²) in [4.78, 5) is 0. The predicted molar refractivity (Wildman–Crippen MR) is 99.0 cm³/mol. The maximum absolute atomic E-state index is 5.91. The summed E-state index contributed by atoms with van der Waals surface area (Å²) in [6.07, 6.45) is 4.11. The first-order valence-corrected chi connectivity index (χ1v) is 9.67. The molecule has 0 bridgehead atoms. The zero-order valence-corrected chi connectivity index (χ0v) is 15.0. The lowest BCUT2D eigenvalue weighted by Crippen LogP contribution is -2.51. The molecule has 116 valence electrons. The summed E-state index contributed by atoms with van der Waals surface area (Å²) in [5.74, 6) is 0. The van der Waals surface area contributed by atoms with Gasteiger partial charge in [-0.15, -0.1) is 0 Å². The molecule has 0 spiro atoms. The van der Waals surface area contributed by atoms with E-state index in [2.05, 4.69) is 80.6 Å². The van der Waals surface area contributed by atoms with Crippen molar-refractivity contribution in [3.63, 3.8) is 0 Å². The van der Waals surface area contributed by atoms with Crippen molar-refractivity contribution in [2.45, 2.75) is 25.8 Å². The highest BCUT2D eigenvalue weighted by Gasteiger charge is 2.33. The molecule has 0 atom stereocenters. The van der Waals surface area contributed by atoms with E-state index in [4.69, 9.17) is 4.74 Å². The second-order valence-corrected chi connectivity index (χ2v) is 10.1. The number of benzene rings is 2. The monoisotopic (exact) mass is 310 g/mol. The number of allylic oxidation sites excluding steroid dienone is 1. The van der Waals surface area contributed by atoms with E-state index in [1.807, 2.05) is 13.0 Å². The molecule has 0 radical (unpaired) electrons. The number of ether oxygens (including phenoxy) is 1. The Labute approximate surface area is 136 Å². The molecule has 0 amide bonds. The molecule has 2 rings (SSSR count). The molecule has 0 heterocycles. The van der Waals surface area contributed by atoms with Gasteiger partial charge in [0.25, 0.3) is 0 Å². The molecule has 0 fully saturated rings. The van der Waals surface area contributed by atoms with Gasteiger partial charge in [0, 0.05) is 0 Å². The molecule has 0 aliphatic carbocycles. The molecule has 22 heavy (non-hydrogen) atoms. The Morgan fingerprint density at radius 2 is 1.41 bits per heavy atom. The van der Waals surface area contributed by atoms with E-state index in [1.165, 1.54) is 10.4 Å². The van der Waals surface area contributed by atoms with E-state index in [0.29, 0.717) is 6.61 Å². The van der Waals surface area contributed by atoms with Crippen LogP contribution in [0.15, 0.2) is 72.8 Å². The maximum Gasteiger partial charge on any atom is 0.110 e. The number of hydrogen-bond acceptors (Lipinski definition) is 1. The van der Waals surface area contributed by atoms with Crippen LogP contribution in [0.3, 0.4) is 0 Å². The number of rotatable bonds is 7. The van der Waals surface area contributed by atoms with Gasteiger partial charge in [-0.3, -0.25) is 0 Å². The third-order valence-corrected chi connectivity index (χ3v) is 7.80. The maximum atomic E-state index is 5.91. The van der Waals surface area contributed by atoms with Gasteiger partial charge in [-0.25, -0.2) is 0 Å². The molecule has 0 saturated heterocycles. The van der Waals surface area contributed by atoms with Crippen LogP contribution in [-0.4, -0.2) is 22.0 Å². The van der Waals surface area contributed by atoms with Crippen LogP contribution in [0.1, 0.15) is 20.8 Å². The molecule has 0 aliphatic rings. The van der Waals surface area contributed by atoms with Crippen LogP contribution >= 0.6 is 0 Å². The van der Waals surface area contributed by atoms with Crippen LogP contribution in [0.5, 0.6) is 0 Å². The third kappa shape index (κ3) is 4.42. The van der Waals surface area contributed by atoms with Gasteiger partial charge >= 0.3 is 0 Å². The average Bonchev–Trinajstić information content (AvgIpc) is 2.54. The van der Waals surface area contributed by atoms with Gasteiger partial charge in [-0.2, -0.15) is 0 Å². The fraction of sp³-hybridized carbons (Fsp3) is 0.300. The van der Waals surface area contributed by atoms with Crippen molar-refractivity contribution in [3.05, 3.63) is 72.8 Å². The normalized spacial score (nSPS) is 12.2. The molecule has 2 aromatic carbocycles. The summed E-state index contributed by atoms with van der Waals surface area (Å²) >= 11 is 0. The van der Waals surface area contributed by atoms with Crippen LogP contribution in [0.4, 0.5) is 0 Å². The molecule has 0 aromatic heterocycles. The molecular weight excluding hydrogens is 284 g/mol. The number of hydrogen-bond donors (Lipinski definition) is 0. The van der Waals surface area contributed by atoms with Gasteiger partial charge in [-0.05, 0) is 12.0 Å². The fourth-order valence-corrected chi connectivity index (χ4v) is 6.64. The molecule has 1 nitrogen and oxygen atoms in total. The average molecular weight is 311 g/mol. The topological polar surface area (TPSA) is 9.23 Å². The van der Waals surface area contributed by atoms with Gasteiger partial charge in [0.1, 0.15) is 8.80 Å². The molecular formula is C20H26OSi. The van der Waals surface area contributed by atoms with E-state index in [9.17, 15) is 0 Å². The zero-order chi connectivity index (χ0) is 15.8. The molecule has 2 aromatic rings. The van der Waals surface area contributed by atoms with Gasteiger partial charge in [0.2, 0.25) is 0 Å². The first-order chi connectivity index (χ1) is 10.6. The van der Waals surface area contributed by atoms with Crippen molar-refractivity contribution in [1.29, 1.82) is 0 Å². The standard InChI is InChI=1S/C20H26OSi/c1-4-5-16-21-17-20(2,3)22(18-12-8-6-9-13-18)19-14-10-7-11-15-19/h4-15,22H,16-17H2,1-3H3. The predicted octanol–water partition coefficient (Wildman–Crippen LogP) is 3.40. The lowest BCUT2D eigenvalue weighted by Gasteiger charge is -2.33. The molecule has 0 aliphatic heterocycles. The van der Waals surface area contributed by atoms with Crippen molar-refractivity contribution < 1.29 is 4.74 Å². The largest absolute Gasteiger partial charge is 0.377 e. The SMILES string of the molecule is CC=CCOCC(C)(C)[SiH](c1ccccc1)c1ccccc1. The molecule has 0 N–H and O–H groups in total. The van der Waals surface area contributed by atoms with E-state index < -0.39 is 8.80 Å². The fourth-order valence-electron chi connectivity index (χ4n) is 2.96. The van der Waals surface area contributed by atoms with Crippen molar-refractivity contribution in [1.82, 2.24) is 0 Å². The minimum atomic E-state index is -1.36. The third-order valence-electron chi connectivity index (χ3n) is 3.97. The van der Waals surface area contributed by atoms with Crippen molar-refractivity contribution in [3.8, 4) is 0 Å². The highest BCUT2D eigenvalue weighted by atomic mass is 28.3. The second-order valence-electron chi connectivity index (χ2n) is 6.33. The summed E-state index contributed by atoms with van der Waals surface area (Å²) in [7, 11) is -1.36. The summed E-state index contributed by atoms with van der Waals surface area (Å²) in [5, 5.41) is 3.12. The smallest absolute Gasteiger partial charge is 0.110 e. The van der Waals surface area contributed by atoms with Crippen LogP contribution < -0.4 is 10.4 Å². The van der Waals surface area contributed by atoms with Crippen LogP contribution in [0.25, 0.3) is 0 Å². The zero-order valence-electron chi connectivity index (χ0n) is 13.8. The Balaban J connectivity index is 2.28. The summed E-state index contributed by atoms with van der Waals surface area (Å²) in [5.41, 5.74) is 0. The first-order valence-electron chi connectivity index (χ1n) is 7.94. The van der Waals surface area contributed by atoms with E-state index in [0.717, 1.165) is 6.61 Å². The van der Waals surface area contributed by atoms with E-state index >= 15 is 0 Å². The Hall–Kier alpha value is -1.64. The highest BCUT2D eigenvalue weighted by molar-refractivity contribution is 6.87. The van der Waals surface area contributed by atoms with Crippen molar-refractivity contribution in [2.75, 3.05) is 13.2 Å². The summed E-state index contributed by atoms with van der Waals surface area (Å²) in [6, 6.07) is 21.9. The van der Waals surface area contributed by atoms with Gasteiger partial charge in [0.15, 0.2) is 0 Å². The quantitative estimate of drug-likeness (QED) is 0.433. The van der Waals surface area contributed by atoms with Crippen molar-refractivity contribution >= 4 is 19.2 Å². The van der Waals surface area contributed by atoms with Gasteiger partial charge in [-0.1, -0.05) is 97.0 Å². The highest BCUT2D eigenvalue weighted by Crippen LogP contribution is 2.28. The van der Waals surface area contributed by atoms with E-state index in [-0.39, 0.29) is 5.04 Å². The second kappa shape index (κ2) is 8.11. The Bertz CT molecular complexity index is 536. The Morgan fingerprint density at radius 1 is 0.909 bits per heavy atom. The minimum absolute atomic E-state index is 0.157. The Morgan fingerprint density at radius 3 is 1.86 bits per heavy atom. The molecule has 0 saturated carbocycles.